The van der Waals surface area contributed by atoms with Crippen LogP contribution in [0.3, 0.4) is 0 Å². The van der Waals surface area contributed by atoms with Gasteiger partial charge in [-0.15, -0.1) is 0 Å². The summed E-state index contributed by atoms with van der Waals surface area (Å²) in [6.45, 7) is 0.744. The van der Waals surface area contributed by atoms with Crippen LogP contribution in [0.5, 0.6) is 5.75 Å². The molecule has 0 radical (unpaired) electrons. The van der Waals surface area contributed by atoms with E-state index in [-0.39, 0.29) is 28.6 Å². The number of aryl methyl sites for hydroxylation is 1. The minimum absolute atomic E-state index is 0.0371. The van der Waals surface area contributed by atoms with Gasteiger partial charge in [0.25, 0.3) is 5.91 Å². The first-order valence-corrected chi connectivity index (χ1v) is 9.73. The van der Waals surface area contributed by atoms with Crippen LogP contribution in [0, 0.1) is 11.6 Å². The van der Waals surface area contributed by atoms with E-state index in [4.69, 9.17) is 11.6 Å². The van der Waals surface area contributed by atoms with Gasteiger partial charge in [-0.25, -0.2) is 13.8 Å². The van der Waals surface area contributed by atoms with Gasteiger partial charge in [-0.05, 0) is 24.3 Å². The number of alkyl halides is 3. The van der Waals surface area contributed by atoms with Crippen LogP contribution in [-0.2, 0) is 13.7 Å². The van der Waals surface area contributed by atoms with Crippen molar-refractivity contribution >= 4 is 23.2 Å². The van der Waals surface area contributed by atoms with Gasteiger partial charge in [0.2, 0.25) is 0 Å². The average molecular weight is 492 g/mol. The summed E-state index contributed by atoms with van der Waals surface area (Å²) >= 11 is 5.85. The second kappa shape index (κ2) is 10.6. The lowest BCUT2D eigenvalue weighted by Crippen LogP contribution is -2.14. The number of phenolic OH excluding ortho intramolecular Hbond substituents is 1. The number of nitrogens with zero attached hydrogens (tertiary/aromatic N) is 2. The van der Waals surface area contributed by atoms with Crippen LogP contribution in [0.2, 0.25) is 5.02 Å². The van der Waals surface area contributed by atoms with E-state index in [2.05, 4.69) is 10.3 Å². The highest BCUT2D eigenvalue weighted by Crippen LogP contribution is 2.31. The van der Waals surface area contributed by atoms with E-state index >= 15 is 0 Å². The Hall–Kier alpha value is -3.18. The molecule has 0 aliphatic heterocycles. The Morgan fingerprint density at radius 2 is 1.85 bits per heavy atom. The molecule has 1 aromatic heterocycles. The number of benzene rings is 2. The molecule has 1 heterocycles. The summed E-state index contributed by atoms with van der Waals surface area (Å²) in [5.41, 5.74) is -0.541. The molecule has 0 spiro atoms. The van der Waals surface area contributed by atoms with Gasteiger partial charge in [-0.3, -0.25) is 4.79 Å². The molecule has 0 saturated carbocycles. The fraction of sp³-hybridized carbons (Fsp3) is 0.238. The zero-order chi connectivity index (χ0) is 24.9. The van der Waals surface area contributed by atoms with Crippen molar-refractivity contribution in [3.05, 3.63) is 64.6 Å². The summed E-state index contributed by atoms with van der Waals surface area (Å²) < 4.78 is 62.2. The molecular weight excluding hydrogens is 473 g/mol. The maximum Gasteiger partial charge on any atom is 0.388 e. The van der Waals surface area contributed by atoms with E-state index in [1.165, 1.54) is 22.9 Å². The number of aliphatic hydroxyl groups is 1. The highest BCUT2D eigenvalue weighted by molar-refractivity contribution is 6.34. The number of carbonyl (C=O) groups is 1. The van der Waals surface area contributed by atoms with Crippen molar-refractivity contribution in [2.45, 2.75) is 26.1 Å². The normalized spacial score (nSPS) is 11.1. The first-order chi connectivity index (χ1) is 15.4. The Kier molecular flexibility index (Phi) is 8.39. The van der Waals surface area contributed by atoms with Crippen LogP contribution in [0.4, 0.5) is 27.6 Å². The minimum Gasteiger partial charge on any atom is -0.507 e. The Labute approximate surface area is 190 Å². The van der Waals surface area contributed by atoms with Crippen LogP contribution in [-0.4, -0.2) is 31.8 Å². The molecule has 33 heavy (non-hydrogen) atoms. The molecule has 0 bridgehead atoms. The van der Waals surface area contributed by atoms with Crippen molar-refractivity contribution < 1.29 is 37.0 Å². The third kappa shape index (κ3) is 6.65. The zero-order valence-electron chi connectivity index (χ0n) is 17.3. The largest absolute Gasteiger partial charge is 0.507 e. The van der Waals surface area contributed by atoms with E-state index in [0.29, 0.717) is 5.82 Å². The Morgan fingerprint density at radius 1 is 1.21 bits per heavy atom. The van der Waals surface area contributed by atoms with E-state index in [0.717, 1.165) is 25.1 Å². The molecule has 2 aromatic carbocycles. The van der Waals surface area contributed by atoms with Crippen molar-refractivity contribution in [2.75, 3.05) is 5.32 Å². The molecule has 0 aliphatic rings. The van der Waals surface area contributed by atoms with Gasteiger partial charge in [0.05, 0.1) is 22.0 Å². The maximum atomic E-state index is 14.5. The number of hydrogen-bond donors (Lipinski definition) is 3. The monoisotopic (exact) mass is 491 g/mol. The van der Waals surface area contributed by atoms with Crippen molar-refractivity contribution in [1.82, 2.24) is 9.55 Å². The molecule has 178 valence electrons. The fourth-order valence-electron chi connectivity index (χ4n) is 2.52. The lowest BCUT2D eigenvalue weighted by molar-refractivity contribution is -0.130. The van der Waals surface area contributed by atoms with E-state index in [1.54, 1.807) is 7.05 Å². The average Bonchev–Trinajstić information content (AvgIpc) is 3.12. The number of phenols is 1. The summed E-state index contributed by atoms with van der Waals surface area (Å²) in [6, 6.07) is 5.71. The van der Waals surface area contributed by atoms with Crippen molar-refractivity contribution in [2.24, 2.45) is 7.05 Å². The molecule has 0 unspecified atom stereocenters. The van der Waals surface area contributed by atoms with Gasteiger partial charge >= 0.3 is 6.18 Å². The highest BCUT2D eigenvalue weighted by Gasteiger charge is 2.22. The standard InChI is InChI=1S/C18H14ClF2N3O3.C3H5F3/c1-24-7-14(22-16(24)8-25)9-6-15(26)10(5-13(9)21)18(27)23-17-11(19)3-2-4-12(17)20;1-2-3(4,5)6/h2-7,25-26H,8H2,1H3,(H,23,27);2H2,1H3. The molecule has 1 amide bonds. The second-order valence-corrected chi connectivity index (χ2v) is 7.09. The summed E-state index contributed by atoms with van der Waals surface area (Å²) in [4.78, 5) is 16.4. The van der Waals surface area contributed by atoms with Crippen LogP contribution >= 0.6 is 11.6 Å². The van der Waals surface area contributed by atoms with Crippen molar-refractivity contribution in [3.63, 3.8) is 0 Å². The highest BCUT2D eigenvalue weighted by atomic mass is 35.5. The number of para-hydroxylation sites is 1. The molecule has 6 nitrogen and oxygen atoms in total. The third-order valence-electron chi connectivity index (χ3n) is 4.32. The first kappa shape index (κ1) is 26.1. The maximum absolute atomic E-state index is 14.5. The molecule has 0 fully saturated rings. The predicted octanol–water partition coefficient (Wildman–Crippen LogP) is 5.43. The van der Waals surface area contributed by atoms with Crippen LogP contribution in [0.1, 0.15) is 29.5 Å². The molecule has 0 atom stereocenters. The first-order valence-electron chi connectivity index (χ1n) is 9.36. The summed E-state index contributed by atoms with van der Waals surface area (Å²) in [5, 5.41) is 21.5. The number of aromatic hydroxyl groups is 1. The van der Waals surface area contributed by atoms with E-state index < -0.39 is 41.5 Å². The lowest BCUT2D eigenvalue weighted by Gasteiger charge is -2.10. The number of anilines is 1. The topological polar surface area (TPSA) is 87.4 Å². The van der Waals surface area contributed by atoms with Gasteiger partial charge in [0.1, 0.15) is 29.8 Å². The van der Waals surface area contributed by atoms with Crippen LogP contribution < -0.4 is 5.32 Å². The van der Waals surface area contributed by atoms with Crippen molar-refractivity contribution in [3.8, 4) is 17.0 Å². The lowest BCUT2D eigenvalue weighted by atomic mass is 10.1. The zero-order valence-corrected chi connectivity index (χ0v) is 18.1. The number of imidazole rings is 1. The van der Waals surface area contributed by atoms with Gasteiger partial charge in [-0.2, -0.15) is 13.2 Å². The van der Waals surface area contributed by atoms with Crippen molar-refractivity contribution in [1.29, 1.82) is 0 Å². The third-order valence-corrected chi connectivity index (χ3v) is 4.64. The quantitative estimate of drug-likeness (QED) is 0.425. The van der Waals surface area contributed by atoms with Gasteiger partial charge < -0.3 is 20.1 Å². The second-order valence-electron chi connectivity index (χ2n) is 6.68. The number of aliphatic hydroxyl groups excluding tert-OH is 1. The van der Waals surface area contributed by atoms with E-state index in [9.17, 15) is 37.0 Å². The van der Waals surface area contributed by atoms with Gasteiger partial charge in [0.15, 0.2) is 0 Å². The number of amides is 1. The Morgan fingerprint density at radius 3 is 2.36 bits per heavy atom. The molecular formula is C21H19ClF5N3O3. The number of halogens is 6. The number of hydrogen-bond acceptors (Lipinski definition) is 4. The van der Waals surface area contributed by atoms with Crippen LogP contribution in [0.15, 0.2) is 36.5 Å². The van der Waals surface area contributed by atoms with Crippen LogP contribution in [0.25, 0.3) is 11.3 Å². The number of rotatable bonds is 4. The molecule has 0 saturated heterocycles. The fourth-order valence-corrected chi connectivity index (χ4v) is 2.73. The molecule has 3 N–H and O–H groups in total. The summed E-state index contributed by atoms with van der Waals surface area (Å²) in [7, 11) is 1.62. The molecule has 3 rings (SSSR count). The van der Waals surface area contributed by atoms with Gasteiger partial charge in [-0.1, -0.05) is 24.6 Å². The van der Waals surface area contributed by atoms with Gasteiger partial charge in [0, 0.05) is 25.2 Å². The smallest absolute Gasteiger partial charge is 0.388 e. The number of carbonyl (C=O) groups excluding carboxylic acids is 1. The molecule has 0 aliphatic carbocycles. The predicted molar refractivity (Wildman–Crippen MR) is 112 cm³/mol. The minimum atomic E-state index is -3.96. The summed E-state index contributed by atoms with van der Waals surface area (Å²) in [6.07, 6.45) is -3.21. The SMILES string of the molecule is CCC(F)(F)F.Cn1cc(-c2cc(O)c(C(=O)Nc3c(F)cccc3Cl)cc2F)nc1CO. The molecule has 12 heteroatoms. The number of nitrogens with one attached hydrogen (secondary N) is 1. The number of aromatic nitrogens is 2. The molecule has 3 aromatic rings. The summed E-state index contributed by atoms with van der Waals surface area (Å²) in [5.74, 6) is -2.73. The van der Waals surface area contributed by atoms with E-state index in [1.807, 2.05) is 0 Å². The Balaban J connectivity index is 0.000000569. The Bertz CT molecular complexity index is 1130.